The summed E-state index contributed by atoms with van der Waals surface area (Å²) in [4.78, 5) is 0. The predicted octanol–water partition coefficient (Wildman–Crippen LogP) is 19.8. The van der Waals surface area contributed by atoms with Crippen LogP contribution in [-0.2, 0) is 26.2 Å². The smallest absolute Gasteiger partial charge is 0.113 e. The summed E-state index contributed by atoms with van der Waals surface area (Å²) in [5.41, 5.74) is 28.5. The van der Waals surface area contributed by atoms with Crippen LogP contribution in [0.2, 0.25) is 0 Å². The molecule has 0 aliphatic rings. The molecule has 0 amide bonds. The molecule has 400 valence electrons. The number of rotatable bonds is 8. The second-order valence-corrected chi connectivity index (χ2v) is 23.3. The summed E-state index contributed by atoms with van der Waals surface area (Å²) in [6.07, 6.45) is 0. The van der Waals surface area contributed by atoms with E-state index in [9.17, 15) is 0 Å². The van der Waals surface area contributed by atoms with Crippen molar-refractivity contribution in [2.24, 2.45) is 0 Å². The summed E-state index contributed by atoms with van der Waals surface area (Å²) in [7, 11) is 0. The summed E-state index contributed by atoms with van der Waals surface area (Å²) in [6, 6.07) is 63.3. The van der Waals surface area contributed by atoms with E-state index in [-0.39, 0.29) is 0 Å². The lowest BCUT2D eigenvalue weighted by Gasteiger charge is -2.10. The van der Waals surface area contributed by atoms with Crippen molar-refractivity contribution >= 4 is 133 Å². The number of aryl methyl sites for hydroxylation is 8. The molecule has 0 aliphatic heterocycles. The van der Waals surface area contributed by atoms with Crippen LogP contribution in [0.4, 0.5) is 0 Å². The van der Waals surface area contributed by atoms with Gasteiger partial charge >= 0.3 is 0 Å². The van der Waals surface area contributed by atoms with E-state index in [1.165, 1.54) is 155 Å². The maximum absolute atomic E-state index is 4.82. The van der Waals surface area contributed by atoms with Crippen molar-refractivity contribution in [3.63, 3.8) is 0 Å². The second-order valence-electron chi connectivity index (χ2n) is 22.2. The van der Waals surface area contributed by atoms with Crippen molar-refractivity contribution in [1.82, 2.24) is 35.8 Å². The Kier molecular flexibility index (Phi) is 11.8. The molecule has 0 saturated carbocycles. The molecule has 16 rings (SSSR count). The van der Waals surface area contributed by atoms with Crippen LogP contribution in [0, 0.1) is 27.7 Å². The van der Waals surface area contributed by atoms with E-state index in [2.05, 4.69) is 244 Å². The van der Waals surface area contributed by atoms with Gasteiger partial charge in [-0.15, -0.1) is 0 Å². The Morgan fingerprint density at radius 1 is 0.256 bits per heavy atom. The quantitative estimate of drug-likeness (QED) is 0.152. The fourth-order valence-corrected chi connectivity index (χ4v) is 14.7. The van der Waals surface area contributed by atoms with Gasteiger partial charge in [0.15, 0.2) is 0 Å². The topological polar surface area (TPSA) is 71.3 Å². The lowest BCUT2D eigenvalue weighted by Crippen LogP contribution is -1.94. The fraction of sp³-hybridized carbons (Fsp3) is 0.167. The van der Waals surface area contributed by atoms with Gasteiger partial charge in [0.25, 0.3) is 0 Å². The standard InChI is InChI=1S/2C36H30N4S/c1-5-39-31-13-7-21(3)17-27(31)29-19-23(9-15-33(29)39)25-11-12-26(36-35(25)37-41-38-36)24-10-16-34-30(20-24)28-18-22(4)8-14-32(28)40(34)6-2;1-5-39-31-17-21(3)7-11-27(31)29-13-9-23(19-33(29)39)25-15-16-26(36-35(25)37-41-38-36)24-10-14-30-28-12-8-22(4)18-32(28)40(6-2)34(30)20-24/h2*7-20H,5-6H2,1-4H3. The van der Waals surface area contributed by atoms with Crippen molar-refractivity contribution in [3.8, 4) is 44.5 Å². The Labute approximate surface area is 483 Å². The minimum Gasteiger partial charge on any atom is -0.341 e. The van der Waals surface area contributed by atoms with Crippen molar-refractivity contribution in [2.75, 3.05) is 0 Å². The van der Waals surface area contributed by atoms with Gasteiger partial charge in [-0.2, -0.15) is 17.5 Å². The third-order valence-corrected chi connectivity index (χ3v) is 18.5. The van der Waals surface area contributed by atoms with Crippen LogP contribution in [0.1, 0.15) is 49.9 Å². The number of nitrogens with zero attached hydrogens (tertiary/aromatic N) is 8. The Hall–Kier alpha value is -8.96. The van der Waals surface area contributed by atoms with E-state index < -0.39 is 0 Å². The molecule has 0 unspecified atom stereocenters. The predicted molar refractivity (Wildman–Crippen MR) is 350 cm³/mol. The third kappa shape index (κ3) is 7.68. The average Bonchev–Trinajstić information content (AvgIpc) is 4.39. The Balaban J connectivity index is 0.000000140. The molecule has 10 heteroatoms. The Morgan fingerprint density at radius 3 is 0.866 bits per heavy atom. The van der Waals surface area contributed by atoms with E-state index in [4.69, 9.17) is 17.5 Å². The SMILES string of the molecule is CCn1c2cc(C)ccc2c2ccc(-c3ccc(-c4ccc5c6ccc(C)cc6n(CC)c5c4)c4nsnc34)cc21.CCn1c2ccc(C)cc2c2cc(-c3ccc(-c4ccc5c(c4)c4cc(C)ccc4n5CC)c4nsnc34)ccc21. The van der Waals surface area contributed by atoms with Gasteiger partial charge in [0.1, 0.15) is 22.1 Å². The number of hydrogen-bond donors (Lipinski definition) is 0. The van der Waals surface area contributed by atoms with E-state index in [1.54, 1.807) is 0 Å². The van der Waals surface area contributed by atoms with Gasteiger partial charge in [-0.3, -0.25) is 0 Å². The van der Waals surface area contributed by atoms with Crippen LogP contribution in [-0.4, -0.2) is 35.8 Å². The first-order valence-electron chi connectivity index (χ1n) is 28.7. The highest BCUT2D eigenvalue weighted by Crippen LogP contribution is 2.43. The van der Waals surface area contributed by atoms with E-state index in [1.807, 2.05) is 0 Å². The highest BCUT2D eigenvalue weighted by Gasteiger charge is 2.21. The summed E-state index contributed by atoms with van der Waals surface area (Å²) in [5.74, 6) is 0. The molecule has 8 nitrogen and oxygen atoms in total. The highest BCUT2D eigenvalue weighted by atomic mass is 32.1. The molecule has 0 bridgehead atoms. The molecule has 16 aromatic rings. The molecule has 0 spiro atoms. The first-order chi connectivity index (χ1) is 40.1. The van der Waals surface area contributed by atoms with Gasteiger partial charge in [0.05, 0.1) is 23.5 Å². The molecule has 82 heavy (non-hydrogen) atoms. The van der Waals surface area contributed by atoms with Gasteiger partial charge in [-0.25, -0.2) is 0 Å². The number of hydrogen-bond acceptors (Lipinski definition) is 6. The van der Waals surface area contributed by atoms with Crippen molar-refractivity contribution in [3.05, 3.63) is 192 Å². The van der Waals surface area contributed by atoms with Crippen molar-refractivity contribution in [2.45, 2.75) is 81.6 Å². The summed E-state index contributed by atoms with van der Waals surface area (Å²) in [6.45, 7) is 21.3. The number of fused-ring (bicyclic) bond motifs is 14. The molecule has 0 aliphatic carbocycles. The third-order valence-electron chi connectivity index (χ3n) is 17.4. The van der Waals surface area contributed by atoms with Crippen LogP contribution >= 0.6 is 23.5 Å². The van der Waals surface area contributed by atoms with Crippen LogP contribution in [0.5, 0.6) is 0 Å². The fourth-order valence-electron chi connectivity index (χ4n) is 13.5. The molecule has 0 atom stereocenters. The highest BCUT2D eigenvalue weighted by molar-refractivity contribution is 7.00. The van der Waals surface area contributed by atoms with Gasteiger partial charge in [0, 0.05) is 136 Å². The summed E-state index contributed by atoms with van der Waals surface area (Å²) >= 11 is 2.59. The number of benzene rings is 10. The minimum atomic E-state index is 0.927. The molecule has 10 aromatic carbocycles. The molecule has 0 radical (unpaired) electrons. The van der Waals surface area contributed by atoms with Gasteiger partial charge in [0.2, 0.25) is 0 Å². The van der Waals surface area contributed by atoms with Crippen molar-refractivity contribution in [1.29, 1.82) is 0 Å². The van der Waals surface area contributed by atoms with Crippen LogP contribution in [0.25, 0.3) is 154 Å². The zero-order valence-electron chi connectivity index (χ0n) is 47.4. The lowest BCUT2D eigenvalue weighted by molar-refractivity contribution is 0.827. The second kappa shape index (κ2) is 19.4. The maximum atomic E-state index is 4.82. The molecular formula is C72H60N8S2. The molecule has 0 N–H and O–H groups in total. The van der Waals surface area contributed by atoms with E-state index >= 15 is 0 Å². The summed E-state index contributed by atoms with van der Waals surface area (Å²) in [5, 5.41) is 10.4. The first-order valence-corrected chi connectivity index (χ1v) is 30.2. The Bertz CT molecular complexity index is 4960. The first kappa shape index (κ1) is 50.0. The van der Waals surface area contributed by atoms with E-state index in [0.29, 0.717) is 0 Å². The van der Waals surface area contributed by atoms with E-state index in [0.717, 1.165) is 70.5 Å². The largest absolute Gasteiger partial charge is 0.341 e. The monoisotopic (exact) mass is 1100 g/mol. The molecule has 6 heterocycles. The lowest BCUT2D eigenvalue weighted by atomic mass is 9.96. The van der Waals surface area contributed by atoms with Crippen LogP contribution in [0.15, 0.2) is 170 Å². The molecular weight excluding hydrogens is 1040 g/mol. The van der Waals surface area contributed by atoms with Gasteiger partial charge < -0.3 is 18.3 Å². The maximum Gasteiger partial charge on any atom is 0.113 e. The number of aromatic nitrogens is 8. The molecule has 6 aromatic heterocycles. The summed E-state index contributed by atoms with van der Waals surface area (Å²) < 4.78 is 28.9. The van der Waals surface area contributed by atoms with Gasteiger partial charge in [-0.05, 0) is 162 Å². The molecule has 0 fully saturated rings. The van der Waals surface area contributed by atoms with Crippen LogP contribution < -0.4 is 0 Å². The van der Waals surface area contributed by atoms with Crippen LogP contribution in [0.3, 0.4) is 0 Å². The molecule has 0 saturated heterocycles. The Morgan fingerprint density at radius 2 is 0.512 bits per heavy atom. The minimum absolute atomic E-state index is 0.927. The normalized spacial score (nSPS) is 12.1. The zero-order chi connectivity index (χ0) is 55.7. The van der Waals surface area contributed by atoms with Gasteiger partial charge in [-0.1, -0.05) is 108 Å². The average molecular weight is 1100 g/mol. The zero-order valence-corrected chi connectivity index (χ0v) is 49.0. The van der Waals surface area contributed by atoms with Crippen molar-refractivity contribution < 1.29 is 0 Å².